The van der Waals surface area contributed by atoms with Crippen LogP contribution in [0, 0.1) is 0 Å². The molecule has 0 aromatic heterocycles. The van der Waals surface area contributed by atoms with Gasteiger partial charge in [-0.25, -0.2) is 4.52 Å². The van der Waals surface area contributed by atoms with E-state index in [1.807, 2.05) is 20.0 Å². The third-order valence-electron chi connectivity index (χ3n) is 1.85. The zero-order chi connectivity index (χ0) is 11.9. The van der Waals surface area contributed by atoms with E-state index in [-0.39, 0.29) is 0 Å². The van der Waals surface area contributed by atoms with Gasteiger partial charge < -0.3 is 4.74 Å². The summed E-state index contributed by atoms with van der Waals surface area (Å²) in [6.45, 7) is 11.1. The van der Waals surface area contributed by atoms with Crippen LogP contribution >= 0.6 is 14.6 Å². The average Bonchev–Trinajstić information content (AvgIpc) is 2.18. The lowest BCUT2D eigenvalue weighted by Gasteiger charge is -2.19. The molecular formula is C8H22N4OP2. The first-order valence-electron chi connectivity index (χ1n) is 4.68. The molecule has 5 nitrogen and oxygen atoms in total. The summed E-state index contributed by atoms with van der Waals surface area (Å²) in [4.78, 5) is 0. The fourth-order valence-corrected chi connectivity index (χ4v) is 5.82. The number of nitrogens with one attached hydrogen (secondary N) is 1. The smallest absolute Gasteiger partial charge is 0.134 e. The Labute approximate surface area is 93.0 Å². The molecular weight excluding hydrogens is 230 g/mol. The summed E-state index contributed by atoms with van der Waals surface area (Å²) < 4.78 is 18.1. The summed E-state index contributed by atoms with van der Waals surface area (Å²) in [5.41, 5.74) is 0. The number of rotatable bonds is 6. The lowest BCUT2D eigenvalue weighted by molar-refractivity contribution is 0.204. The fourth-order valence-electron chi connectivity index (χ4n) is 0.956. The SMILES string of the molecule is C=NP(C)(C)=NP(C)(=NC)NCCOC. The Kier molecular flexibility index (Phi) is 6.62. The van der Waals surface area contributed by atoms with Crippen LogP contribution in [0.25, 0.3) is 0 Å². The van der Waals surface area contributed by atoms with Crippen molar-refractivity contribution in [2.45, 2.75) is 0 Å². The van der Waals surface area contributed by atoms with Crippen LogP contribution in [-0.4, -0.2) is 54.0 Å². The van der Waals surface area contributed by atoms with Gasteiger partial charge in [0.25, 0.3) is 0 Å². The molecule has 0 saturated carbocycles. The van der Waals surface area contributed by atoms with E-state index in [1.165, 1.54) is 0 Å². The molecule has 0 bridgehead atoms. The van der Waals surface area contributed by atoms with Crippen LogP contribution < -0.4 is 5.09 Å². The Morgan fingerprint density at radius 2 is 1.93 bits per heavy atom. The van der Waals surface area contributed by atoms with Gasteiger partial charge >= 0.3 is 0 Å². The van der Waals surface area contributed by atoms with Crippen molar-refractivity contribution in [1.29, 1.82) is 0 Å². The highest BCUT2D eigenvalue weighted by atomic mass is 31.2. The van der Waals surface area contributed by atoms with Crippen LogP contribution in [0.1, 0.15) is 0 Å². The third kappa shape index (κ3) is 6.26. The van der Waals surface area contributed by atoms with Gasteiger partial charge in [-0.3, -0.25) is 14.6 Å². The summed E-state index contributed by atoms with van der Waals surface area (Å²) in [7, 11) is 0.0710. The number of methoxy groups -OCH3 is 1. The predicted octanol–water partition coefficient (Wildman–Crippen LogP) is 2.59. The summed E-state index contributed by atoms with van der Waals surface area (Å²) in [5.74, 6) is 0. The molecule has 0 aliphatic heterocycles. The largest absolute Gasteiger partial charge is 0.383 e. The predicted molar refractivity (Wildman–Crippen MR) is 71.8 cm³/mol. The second-order valence-corrected chi connectivity index (χ2v) is 9.80. The van der Waals surface area contributed by atoms with E-state index in [0.29, 0.717) is 6.61 Å². The Morgan fingerprint density at radius 3 is 2.33 bits per heavy atom. The first kappa shape index (κ1) is 15.0. The molecule has 0 heterocycles. The summed E-state index contributed by atoms with van der Waals surface area (Å²) in [6, 6.07) is 0. The highest BCUT2D eigenvalue weighted by Crippen LogP contribution is 2.56. The topological polar surface area (TPSA) is 58.3 Å². The Bertz CT molecular complexity index is 308. The zero-order valence-corrected chi connectivity index (χ0v) is 12.1. The van der Waals surface area contributed by atoms with Crippen LogP contribution in [0.15, 0.2) is 14.0 Å². The molecule has 1 N–H and O–H groups in total. The molecule has 1 atom stereocenters. The van der Waals surface area contributed by atoms with Crippen LogP contribution in [0.3, 0.4) is 0 Å². The standard InChI is InChI=1S/C8H22N4OP2/c1-9-14(4,5)12-15(6,10-2)11-7-8-13-3/h11H,1,7-8H2,2-6H3. The summed E-state index contributed by atoms with van der Waals surface area (Å²) >= 11 is 0. The van der Waals surface area contributed by atoms with Crippen molar-refractivity contribution in [3.63, 3.8) is 0 Å². The molecule has 15 heavy (non-hydrogen) atoms. The molecule has 0 aliphatic rings. The average molecular weight is 252 g/mol. The first-order valence-corrected chi connectivity index (χ1v) is 9.41. The van der Waals surface area contributed by atoms with E-state index in [0.717, 1.165) is 6.54 Å². The van der Waals surface area contributed by atoms with Crippen LogP contribution in [0.5, 0.6) is 0 Å². The van der Waals surface area contributed by atoms with E-state index in [1.54, 1.807) is 14.2 Å². The molecule has 90 valence electrons. The van der Waals surface area contributed by atoms with Crippen molar-refractivity contribution in [3.05, 3.63) is 0 Å². The summed E-state index contributed by atoms with van der Waals surface area (Å²) in [5, 5.41) is 3.33. The second kappa shape index (κ2) is 6.59. The zero-order valence-electron chi connectivity index (χ0n) is 10.3. The highest BCUT2D eigenvalue weighted by Gasteiger charge is 2.12. The van der Waals surface area contributed by atoms with Crippen molar-refractivity contribution >= 4 is 21.3 Å². The van der Waals surface area contributed by atoms with E-state index >= 15 is 0 Å². The van der Waals surface area contributed by atoms with Crippen molar-refractivity contribution in [1.82, 2.24) is 5.09 Å². The van der Waals surface area contributed by atoms with Crippen molar-refractivity contribution in [2.24, 2.45) is 14.0 Å². The Balaban J connectivity index is 4.74. The highest BCUT2D eigenvalue weighted by molar-refractivity contribution is 7.74. The van der Waals surface area contributed by atoms with E-state index in [9.17, 15) is 0 Å². The minimum Gasteiger partial charge on any atom is -0.383 e. The molecule has 0 fully saturated rings. The molecule has 0 radical (unpaired) electrons. The van der Waals surface area contributed by atoms with Crippen LogP contribution in [0.4, 0.5) is 0 Å². The number of ether oxygens (including phenoxy) is 1. The Morgan fingerprint density at radius 1 is 1.33 bits per heavy atom. The van der Waals surface area contributed by atoms with Gasteiger partial charge in [0, 0.05) is 27.4 Å². The lowest BCUT2D eigenvalue weighted by atomic mass is 10.7. The molecule has 0 aliphatic carbocycles. The van der Waals surface area contributed by atoms with Gasteiger partial charge in [0.05, 0.1) is 13.8 Å². The molecule has 1 unspecified atom stereocenters. The van der Waals surface area contributed by atoms with Crippen molar-refractivity contribution in [2.75, 3.05) is 47.3 Å². The van der Waals surface area contributed by atoms with Gasteiger partial charge in [0.15, 0.2) is 0 Å². The fraction of sp³-hybridized carbons (Fsp3) is 0.875. The van der Waals surface area contributed by atoms with Gasteiger partial charge in [-0.2, -0.15) is 0 Å². The summed E-state index contributed by atoms with van der Waals surface area (Å²) in [6.07, 6.45) is 0. The monoisotopic (exact) mass is 252 g/mol. The minimum absolute atomic E-state index is 0.668. The second-order valence-electron chi connectivity index (χ2n) is 3.58. The molecule has 7 heteroatoms. The molecule has 0 amide bonds. The van der Waals surface area contributed by atoms with Crippen LogP contribution in [-0.2, 0) is 4.74 Å². The number of hydrogen-bond acceptors (Lipinski definition) is 2. The van der Waals surface area contributed by atoms with E-state index in [2.05, 4.69) is 21.3 Å². The van der Waals surface area contributed by atoms with Crippen LogP contribution in [0.2, 0.25) is 0 Å². The maximum absolute atomic E-state index is 4.98. The molecule has 0 aromatic rings. The van der Waals surface area contributed by atoms with E-state index < -0.39 is 14.6 Å². The van der Waals surface area contributed by atoms with Gasteiger partial charge in [0.2, 0.25) is 0 Å². The lowest BCUT2D eigenvalue weighted by Crippen LogP contribution is -2.14. The maximum atomic E-state index is 4.98. The molecule has 0 saturated heterocycles. The van der Waals surface area contributed by atoms with Crippen molar-refractivity contribution in [3.8, 4) is 0 Å². The van der Waals surface area contributed by atoms with Gasteiger partial charge in [-0.05, 0) is 20.0 Å². The van der Waals surface area contributed by atoms with E-state index in [4.69, 9.17) is 9.25 Å². The number of hydrogen-bond donors (Lipinski definition) is 1. The maximum Gasteiger partial charge on any atom is 0.134 e. The van der Waals surface area contributed by atoms with Gasteiger partial charge in [-0.15, -0.1) is 0 Å². The number of nitrogens with zero attached hydrogens (tertiary/aromatic N) is 3. The Hall–Kier alpha value is 0.0500. The van der Waals surface area contributed by atoms with Crippen molar-refractivity contribution < 1.29 is 4.74 Å². The van der Waals surface area contributed by atoms with Gasteiger partial charge in [-0.1, -0.05) is 0 Å². The molecule has 0 aromatic carbocycles. The quantitative estimate of drug-likeness (QED) is 0.448. The molecule has 0 spiro atoms. The normalized spacial score (nSPS) is 15.5. The third-order valence-corrected chi connectivity index (χ3v) is 7.28. The van der Waals surface area contributed by atoms with Gasteiger partial charge in [0.1, 0.15) is 7.36 Å². The first-order chi connectivity index (χ1) is 6.89. The molecule has 0 rings (SSSR count). The minimum atomic E-state index is -1.78.